The van der Waals surface area contributed by atoms with Gasteiger partial charge in [0, 0.05) is 11.7 Å². The highest BCUT2D eigenvalue weighted by Crippen LogP contribution is 2.23. The number of benzene rings is 1. The molecule has 1 aromatic carbocycles. The molecular formula is C16H21N3O. The molecule has 2 rings (SSSR count). The van der Waals surface area contributed by atoms with Gasteiger partial charge in [-0.15, -0.1) is 0 Å². The molecule has 1 saturated carbocycles. The number of rotatable bonds is 4. The summed E-state index contributed by atoms with van der Waals surface area (Å²) < 4.78 is 0. The number of hydrogen-bond acceptors (Lipinski definition) is 3. The second-order valence-corrected chi connectivity index (χ2v) is 5.48. The van der Waals surface area contributed by atoms with Crippen LogP contribution in [0.5, 0.6) is 0 Å². The van der Waals surface area contributed by atoms with Crippen LogP contribution in [0.1, 0.15) is 38.2 Å². The van der Waals surface area contributed by atoms with E-state index < -0.39 is 0 Å². The monoisotopic (exact) mass is 271 g/mol. The van der Waals surface area contributed by atoms with Crippen LogP contribution in [0, 0.1) is 17.2 Å². The normalized spacial score (nSPS) is 21.8. The Kier molecular flexibility index (Phi) is 5.00. The largest absolute Gasteiger partial charge is 0.376 e. The molecule has 1 amide bonds. The molecular weight excluding hydrogens is 250 g/mol. The zero-order chi connectivity index (χ0) is 14.4. The van der Waals surface area contributed by atoms with Crippen molar-refractivity contribution in [3.05, 3.63) is 29.8 Å². The first-order chi connectivity index (χ1) is 9.69. The molecule has 0 saturated heterocycles. The molecule has 4 nitrogen and oxygen atoms in total. The van der Waals surface area contributed by atoms with E-state index in [1.807, 2.05) is 12.1 Å². The molecule has 1 fully saturated rings. The highest BCUT2D eigenvalue weighted by Gasteiger charge is 2.22. The molecule has 106 valence electrons. The zero-order valence-electron chi connectivity index (χ0n) is 11.9. The van der Waals surface area contributed by atoms with Gasteiger partial charge in [-0.05, 0) is 37.0 Å². The summed E-state index contributed by atoms with van der Waals surface area (Å²) in [5.74, 6) is 0.584. The van der Waals surface area contributed by atoms with Crippen molar-refractivity contribution < 1.29 is 4.79 Å². The number of nitrogens with one attached hydrogen (secondary N) is 2. The average Bonchev–Trinajstić information content (AvgIpc) is 2.48. The molecule has 2 atom stereocenters. The van der Waals surface area contributed by atoms with Crippen molar-refractivity contribution in [3.63, 3.8) is 0 Å². The Morgan fingerprint density at radius 3 is 2.95 bits per heavy atom. The summed E-state index contributed by atoms with van der Waals surface area (Å²) in [5, 5.41) is 15.0. The van der Waals surface area contributed by atoms with Crippen LogP contribution < -0.4 is 10.6 Å². The Balaban J connectivity index is 1.81. The SMILES string of the molecule is CC1CCCCC1NC(=O)CNc1cccc(C#N)c1. The van der Waals surface area contributed by atoms with Gasteiger partial charge in [0.1, 0.15) is 0 Å². The molecule has 2 N–H and O–H groups in total. The van der Waals surface area contributed by atoms with Crippen LogP contribution in [-0.2, 0) is 4.79 Å². The Morgan fingerprint density at radius 2 is 2.20 bits per heavy atom. The van der Waals surface area contributed by atoms with E-state index in [9.17, 15) is 4.79 Å². The lowest BCUT2D eigenvalue weighted by Gasteiger charge is -2.29. The van der Waals surface area contributed by atoms with Crippen LogP contribution in [0.15, 0.2) is 24.3 Å². The van der Waals surface area contributed by atoms with Crippen LogP contribution in [0.4, 0.5) is 5.69 Å². The lowest BCUT2D eigenvalue weighted by Crippen LogP contribution is -2.43. The first-order valence-corrected chi connectivity index (χ1v) is 7.22. The van der Waals surface area contributed by atoms with Gasteiger partial charge in [0.25, 0.3) is 0 Å². The molecule has 0 spiro atoms. The van der Waals surface area contributed by atoms with Gasteiger partial charge in [0.05, 0.1) is 18.2 Å². The summed E-state index contributed by atoms with van der Waals surface area (Å²) in [5.41, 5.74) is 1.40. The van der Waals surface area contributed by atoms with Crippen LogP contribution >= 0.6 is 0 Å². The molecule has 0 radical (unpaired) electrons. The van der Waals surface area contributed by atoms with Gasteiger partial charge in [-0.2, -0.15) is 5.26 Å². The number of carbonyl (C=O) groups excluding carboxylic acids is 1. The van der Waals surface area contributed by atoms with Gasteiger partial charge in [-0.25, -0.2) is 0 Å². The third kappa shape index (κ3) is 3.99. The molecule has 2 unspecified atom stereocenters. The zero-order valence-corrected chi connectivity index (χ0v) is 11.9. The van der Waals surface area contributed by atoms with Crippen molar-refractivity contribution in [3.8, 4) is 6.07 Å². The van der Waals surface area contributed by atoms with Crippen molar-refractivity contribution in [2.75, 3.05) is 11.9 Å². The minimum Gasteiger partial charge on any atom is -0.376 e. The fraction of sp³-hybridized carbons (Fsp3) is 0.500. The lowest BCUT2D eigenvalue weighted by atomic mass is 9.86. The minimum atomic E-state index is 0.0195. The Hall–Kier alpha value is -2.02. The van der Waals surface area contributed by atoms with E-state index in [0.717, 1.165) is 12.1 Å². The van der Waals surface area contributed by atoms with E-state index in [1.54, 1.807) is 12.1 Å². The van der Waals surface area contributed by atoms with Crippen molar-refractivity contribution in [2.24, 2.45) is 5.92 Å². The highest BCUT2D eigenvalue weighted by atomic mass is 16.1. The number of carbonyl (C=O) groups is 1. The van der Waals surface area contributed by atoms with Crippen LogP contribution in [0.2, 0.25) is 0 Å². The molecule has 4 heteroatoms. The number of hydrogen-bond donors (Lipinski definition) is 2. The van der Waals surface area contributed by atoms with Gasteiger partial charge in [-0.3, -0.25) is 4.79 Å². The third-order valence-electron chi connectivity index (χ3n) is 3.90. The van der Waals surface area contributed by atoms with Gasteiger partial charge in [-0.1, -0.05) is 25.8 Å². The quantitative estimate of drug-likeness (QED) is 0.885. The van der Waals surface area contributed by atoms with Crippen molar-refractivity contribution in [1.29, 1.82) is 5.26 Å². The van der Waals surface area contributed by atoms with Gasteiger partial charge in [0.2, 0.25) is 5.91 Å². The Labute approximate surface area is 120 Å². The standard InChI is InChI=1S/C16H21N3O/c1-12-5-2-3-8-15(12)19-16(20)11-18-14-7-4-6-13(9-14)10-17/h4,6-7,9,12,15,18H,2-3,5,8,11H2,1H3,(H,19,20). The Bertz CT molecular complexity index is 507. The van der Waals surface area contributed by atoms with Gasteiger partial charge < -0.3 is 10.6 Å². The topological polar surface area (TPSA) is 64.9 Å². The summed E-state index contributed by atoms with van der Waals surface area (Å²) >= 11 is 0. The highest BCUT2D eigenvalue weighted by molar-refractivity contribution is 5.81. The molecule has 0 aliphatic heterocycles. The molecule has 1 aliphatic rings. The molecule has 1 aromatic rings. The first-order valence-electron chi connectivity index (χ1n) is 7.22. The smallest absolute Gasteiger partial charge is 0.239 e. The van der Waals surface area contributed by atoms with Crippen LogP contribution in [0.25, 0.3) is 0 Å². The maximum Gasteiger partial charge on any atom is 0.239 e. The number of anilines is 1. The van der Waals surface area contributed by atoms with E-state index in [0.29, 0.717) is 17.5 Å². The summed E-state index contributed by atoms with van der Waals surface area (Å²) in [6.07, 6.45) is 4.75. The third-order valence-corrected chi connectivity index (χ3v) is 3.90. The van der Waals surface area contributed by atoms with E-state index >= 15 is 0 Å². The molecule has 20 heavy (non-hydrogen) atoms. The molecule has 0 aromatic heterocycles. The van der Waals surface area contributed by atoms with E-state index in [2.05, 4.69) is 23.6 Å². The Morgan fingerprint density at radius 1 is 1.40 bits per heavy atom. The number of nitriles is 1. The fourth-order valence-corrected chi connectivity index (χ4v) is 2.67. The second kappa shape index (κ2) is 6.95. The summed E-state index contributed by atoms with van der Waals surface area (Å²) in [6, 6.07) is 9.55. The molecule has 1 aliphatic carbocycles. The maximum absolute atomic E-state index is 11.9. The summed E-state index contributed by atoms with van der Waals surface area (Å²) in [4.78, 5) is 11.9. The van der Waals surface area contributed by atoms with E-state index in [1.165, 1.54) is 19.3 Å². The predicted molar refractivity (Wildman–Crippen MR) is 79.2 cm³/mol. The second-order valence-electron chi connectivity index (χ2n) is 5.48. The lowest BCUT2D eigenvalue weighted by molar-refractivity contribution is -0.120. The van der Waals surface area contributed by atoms with Crippen LogP contribution in [0.3, 0.4) is 0 Å². The first kappa shape index (κ1) is 14.4. The maximum atomic E-state index is 11.9. The summed E-state index contributed by atoms with van der Waals surface area (Å²) in [7, 11) is 0. The molecule has 0 bridgehead atoms. The minimum absolute atomic E-state index is 0.0195. The van der Waals surface area contributed by atoms with Crippen molar-refractivity contribution >= 4 is 11.6 Å². The fourth-order valence-electron chi connectivity index (χ4n) is 2.67. The summed E-state index contributed by atoms with van der Waals surface area (Å²) in [6.45, 7) is 2.45. The average molecular weight is 271 g/mol. The van der Waals surface area contributed by atoms with Crippen LogP contribution in [-0.4, -0.2) is 18.5 Å². The number of amides is 1. The van der Waals surface area contributed by atoms with E-state index in [4.69, 9.17) is 5.26 Å². The van der Waals surface area contributed by atoms with Crippen molar-refractivity contribution in [2.45, 2.75) is 38.6 Å². The van der Waals surface area contributed by atoms with Gasteiger partial charge in [0.15, 0.2) is 0 Å². The van der Waals surface area contributed by atoms with Crippen molar-refractivity contribution in [1.82, 2.24) is 5.32 Å². The molecule has 0 heterocycles. The predicted octanol–water partition coefficient (Wildman–Crippen LogP) is 2.67. The van der Waals surface area contributed by atoms with E-state index in [-0.39, 0.29) is 12.5 Å². The number of nitrogens with zero attached hydrogens (tertiary/aromatic N) is 1. The van der Waals surface area contributed by atoms with Gasteiger partial charge >= 0.3 is 0 Å².